The Balaban J connectivity index is 2.04. The third-order valence-corrected chi connectivity index (χ3v) is 5.65. The van der Waals surface area contributed by atoms with Gasteiger partial charge < -0.3 is 10.2 Å². The van der Waals surface area contributed by atoms with Crippen LogP contribution in [0.3, 0.4) is 0 Å². The van der Waals surface area contributed by atoms with Gasteiger partial charge in [0.05, 0.1) is 0 Å². The van der Waals surface area contributed by atoms with Crippen LogP contribution >= 0.6 is 11.3 Å². The quantitative estimate of drug-likeness (QED) is 0.822. The number of rotatable bonds is 7. The molecule has 0 spiro atoms. The van der Waals surface area contributed by atoms with Gasteiger partial charge in [-0.1, -0.05) is 25.8 Å². The zero-order valence-corrected chi connectivity index (χ0v) is 13.4. The summed E-state index contributed by atoms with van der Waals surface area (Å²) in [5, 5.41) is 5.96. The number of aryl methyl sites for hydroxylation is 1. The fourth-order valence-electron chi connectivity index (χ4n) is 3.64. The molecule has 2 rings (SSSR count). The summed E-state index contributed by atoms with van der Waals surface area (Å²) in [4.78, 5) is 4.01. The first-order valence-corrected chi connectivity index (χ1v) is 8.50. The van der Waals surface area contributed by atoms with E-state index in [0.717, 1.165) is 6.54 Å². The second kappa shape index (κ2) is 6.87. The van der Waals surface area contributed by atoms with Crippen LogP contribution < -0.4 is 5.32 Å². The van der Waals surface area contributed by atoms with Crippen LogP contribution in [0.2, 0.25) is 0 Å². The van der Waals surface area contributed by atoms with E-state index in [1.165, 1.54) is 43.4 Å². The molecule has 1 saturated carbocycles. The van der Waals surface area contributed by atoms with Crippen molar-refractivity contribution >= 4 is 11.3 Å². The molecule has 2 nitrogen and oxygen atoms in total. The normalized spacial score (nSPS) is 20.0. The monoisotopic (exact) mass is 280 g/mol. The SMILES string of the molecule is CCNC(CCc1cccs1)C1(N(C)C)CCCC1. The number of hydrogen-bond donors (Lipinski definition) is 1. The van der Waals surface area contributed by atoms with E-state index in [0.29, 0.717) is 11.6 Å². The molecule has 1 unspecified atom stereocenters. The molecule has 3 heteroatoms. The summed E-state index contributed by atoms with van der Waals surface area (Å²) in [5.74, 6) is 0. The summed E-state index contributed by atoms with van der Waals surface area (Å²) >= 11 is 1.89. The lowest BCUT2D eigenvalue weighted by atomic mass is 9.84. The molecule has 19 heavy (non-hydrogen) atoms. The molecule has 0 aromatic carbocycles. The predicted molar refractivity (Wildman–Crippen MR) is 85.0 cm³/mol. The summed E-state index contributed by atoms with van der Waals surface area (Å²) in [6.45, 7) is 3.31. The Labute approximate surface area is 122 Å². The third kappa shape index (κ3) is 3.39. The van der Waals surface area contributed by atoms with Crippen molar-refractivity contribution in [3.8, 4) is 0 Å². The zero-order valence-electron chi connectivity index (χ0n) is 12.6. The molecule has 1 N–H and O–H groups in total. The number of nitrogens with one attached hydrogen (secondary N) is 1. The van der Waals surface area contributed by atoms with E-state index < -0.39 is 0 Å². The Morgan fingerprint density at radius 2 is 2.11 bits per heavy atom. The molecule has 1 atom stereocenters. The van der Waals surface area contributed by atoms with Crippen LogP contribution in [0.25, 0.3) is 0 Å². The molecule has 1 aromatic heterocycles. The third-order valence-electron chi connectivity index (χ3n) is 4.72. The van der Waals surface area contributed by atoms with E-state index in [2.05, 4.69) is 48.7 Å². The molecule has 0 aliphatic heterocycles. The van der Waals surface area contributed by atoms with Crippen LogP contribution in [0.1, 0.15) is 43.9 Å². The van der Waals surface area contributed by atoms with Gasteiger partial charge in [-0.25, -0.2) is 0 Å². The van der Waals surface area contributed by atoms with Crippen LogP contribution in [0.4, 0.5) is 0 Å². The maximum atomic E-state index is 3.77. The van der Waals surface area contributed by atoms with Gasteiger partial charge in [0.25, 0.3) is 0 Å². The Morgan fingerprint density at radius 3 is 2.63 bits per heavy atom. The first kappa shape index (κ1) is 15.0. The Morgan fingerprint density at radius 1 is 1.37 bits per heavy atom. The van der Waals surface area contributed by atoms with Crippen molar-refractivity contribution in [3.63, 3.8) is 0 Å². The van der Waals surface area contributed by atoms with E-state index in [1.807, 2.05) is 11.3 Å². The molecule has 1 aliphatic rings. The van der Waals surface area contributed by atoms with Crippen molar-refractivity contribution < 1.29 is 0 Å². The molecular weight excluding hydrogens is 252 g/mol. The molecule has 1 heterocycles. The van der Waals surface area contributed by atoms with E-state index in [-0.39, 0.29) is 0 Å². The minimum Gasteiger partial charge on any atom is -0.312 e. The van der Waals surface area contributed by atoms with Gasteiger partial charge in [-0.05, 0) is 57.8 Å². The van der Waals surface area contributed by atoms with Crippen molar-refractivity contribution in [2.24, 2.45) is 0 Å². The fourth-order valence-corrected chi connectivity index (χ4v) is 4.37. The van der Waals surface area contributed by atoms with Crippen molar-refractivity contribution in [1.29, 1.82) is 0 Å². The lowest BCUT2D eigenvalue weighted by molar-refractivity contribution is 0.101. The van der Waals surface area contributed by atoms with Crippen molar-refractivity contribution in [3.05, 3.63) is 22.4 Å². The van der Waals surface area contributed by atoms with Gasteiger partial charge in [-0.15, -0.1) is 11.3 Å². The highest BCUT2D eigenvalue weighted by molar-refractivity contribution is 7.09. The summed E-state index contributed by atoms with van der Waals surface area (Å²) in [6.07, 6.45) is 7.94. The highest BCUT2D eigenvalue weighted by Gasteiger charge is 2.42. The van der Waals surface area contributed by atoms with Gasteiger partial charge in [0, 0.05) is 16.5 Å². The maximum Gasteiger partial charge on any atom is 0.0356 e. The van der Waals surface area contributed by atoms with E-state index in [4.69, 9.17) is 0 Å². The average molecular weight is 280 g/mol. The second-order valence-electron chi connectivity index (χ2n) is 5.93. The number of thiophene rings is 1. The van der Waals surface area contributed by atoms with Crippen LogP contribution in [0.15, 0.2) is 17.5 Å². The lowest BCUT2D eigenvalue weighted by Crippen LogP contribution is -2.57. The smallest absolute Gasteiger partial charge is 0.0356 e. The fraction of sp³-hybridized carbons (Fsp3) is 0.750. The first-order valence-electron chi connectivity index (χ1n) is 7.62. The summed E-state index contributed by atoms with van der Waals surface area (Å²) < 4.78 is 0. The van der Waals surface area contributed by atoms with Crippen molar-refractivity contribution in [1.82, 2.24) is 10.2 Å². The second-order valence-corrected chi connectivity index (χ2v) is 6.97. The Bertz CT molecular complexity index is 353. The molecule has 0 amide bonds. The summed E-state index contributed by atoms with van der Waals surface area (Å²) in [5.41, 5.74) is 0.382. The van der Waals surface area contributed by atoms with E-state index >= 15 is 0 Å². The molecule has 0 saturated heterocycles. The van der Waals surface area contributed by atoms with Gasteiger partial charge in [0.1, 0.15) is 0 Å². The van der Waals surface area contributed by atoms with Crippen molar-refractivity contribution in [2.45, 2.75) is 57.0 Å². The van der Waals surface area contributed by atoms with E-state index in [1.54, 1.807) is 0 Å². The summed E-state index contributed by atoms with van der Waals surface area (Å²) in [6, 6.07) is 5.06. The highest BCUT2D eigenvalue weighted by Crippen LogP contribution is 2.38. The summed E-state index contributed by atoms with van der Waals surface area (Å²) in [7, 11) is 4.53. The average Bonchev–Trinajstić information content (AvgIpc) is 3.06. The first-order chi connectivity index (χ1) is 9.19. The van der Waals surface area contributed by atoms with Gasteiger partial charge in [-0.3, -0.25) is 0 Å². The largest absolute Gasteiger partial charge is 0.312 e. The molecule has 0 radical (unpaired) electrons. The Hall–Kier alpha value is -0.380. The van der Waals surface area contributed by atoms with Gasteiger partial charge in [0.2, 0.25) is 0 Å². The predicted octanol–water partition coefficient (Wildman–Crippen LogP) is 3.53. The van der Waals surface area contributed by atoms with Gasteiger partial charge in [-0.2, -0.15) is 0 Å². The molecular formula is C16H28N2S. The molecule has 1 aliphatic carbocycles. The molecule has 1 fully saturated rings. The molecule has 108 valence electrons. The van der Waals surface area contributed by atoms with Crippen LogP contribution in [-0.4, -0.2) is 37.1 Å². The number of likely N-dealkylation sites (N-methyl/N-ethyl adjacent to an activating group) is 2. The number of nitrogens with zero attached hydrogens (tertiary/aromatic N) is 1. The minimum absolute atomic E-state index is 0.382. The minimum atomic E-state index is 0.382. The van der Waals surface area contributed by atoms with Crippen molar-refractivity contribution in [2.75, 3.05) is 20.6 Å². The molecule has 1 aromatic rings. The van der Waals surface area contributed by atoms with Crippen LogP contribution in [-0.2, 0) is 6.42 Å². The van der Waals surface area contributed by atoms with Crippen LogP contribution in [0, 0.1) is 0 Å². The standard InChI is InChI=1S/C16H28N2S/c1-4-17-15(10-9-14-8-7-13-19-14)16(18(2)3)11-5-6-12-16/h7-8,13,15,17H,4-6,9-12H2,1-3H3. The highest BCUT2D eigenvalue weighted by atomic mass is 32.1. The Kier molecular flexibility index (Phi) is 5.43. The van der Waals surface area contributed by atoms with Gasteiger partial charge in [0.15, 0.2) is 0 Å². The van der Waals surface area contributed by atoms with E-state index in [9.17, 15) is 0 Å². The zero-order chi connectivity index (χ0) is 13.7. The topological polar surface area (TPSA) is 15.3 Å². The van der Waals surface area contributed by atoms with Crippen LogP contribution in [0.5, 0.6) is 0 Å². The lowest BCUT2D eigenvalue weighted by Gasteiger charge is -2.44. The van der Waals surface area contributed by atoms with Gasteiger partial charge >= 0.3 is 0 Å². The maximum absolute atomic E-state index is 3.77. The molecule has 0 bridgehead atoms. The number of hydrogen-bond acceptors (Lipinski definition) is 3.